The molecule has 1 aromatic carbocycles. The maximum Gasteiger partial charge on any atom is 0.508 e. The van der Waals surface area contributed by atoms with Crippen LogP contribution in [0.5, 0.6) is 11.5 Å². The van der Waals surface area contributed by atoms with Crippen LogP contribution in [-0.2, 0) is 30.3 Å². The van der Waals surface area contributed by atoms with Gasteiger partial charge in [-0.3, -0.25) is 14.4 Å². The number of esters is 2. The molecular formula is C22H31NO9. The number of carboxylic acids is 1. The van der Waals surface area contributed by atoms with E-state index >= 15 is 0 Å². The summed E-state index contributed by atoms with van der Waals surface area (Å²) in [5.41, 5.74) is 4.75. The number of hydrogen-bond donors (Lipinski definition) is 2. The van der Waals surface area contributed by atoms with Gasteiger partial charge in [-0.2, -0.15) is 0 Å². The van der Waals surface area contributed by atoms with E-state index in [1.807, 2.05) is 6.92 Å². The third-order valence-corrected chi connectivity index (χ3v) is 4.38. The van der Waals surface area contributed by atoms with E-state index < -0.39 is 35.7 Å². The summed E-state index contributed by atoms with van der Waals surface area (Å²) < 4.78 is 20.1. The van der Waals surface area contributed by atoms with Crippen LogP contribution in [0.4, 0.5) is 4.79 Å². The number of aliphatic carboxylic acids is 1. The first-order chi connectivity index (χ1) is 15.0. The zero-order chi connectivity index (χ0) is 24.3. The third-order valence-electron chi connectivity index (χ3n) is 4.38. The maximum absolute atomic E-state index is 11.9. The average Bonchev–Trinajstić information content (AvgIpc) is 2.66. The van der Waals surface area contributed by atoms with Crippen LogP contribution >= 0.6 is 0 Å². The van der Waals surface area contributed by atoms with Crippen molar-refractivity contribution in [3.8, 4) is 11.5 Å². The molecule has 0 aromatic heterocycles. The standard InChI is InChI=1S/C22H31NO9/c1-5-6-7-10-29-21(28)30-14(2)12-22(23,20(26)27)13-17-8-9-18(31-15(3)24)19(11-17)32-16(4)25/h8-9,11,14H,5-7,10,12-13,23H2,1-4H3,(H,26,27)/t14-,22?/m0/s1. The molecule has 0 aliphatic rings. The average molecular weight is 453 g/mol. The Morgan fingerprint density at radius 2 is 1.69 bits per heavy atom. The predicted molar refractivity (Wildman–Crippen MR) is 113 cm³/mol. The predicted octanol–water partition coefficient (Wildman–Crippen LogP) is 2.98. The van der Waals surface area contributed by atoms with Crippen LogP contribution in [0.1, 0.15) is 58.9 Å². The molecule has 0 spiro atoms. The molecule has 1 aromatic rings. The largest absolute Gasteiger partial charge is 0.508 e. The van der Waals surface area contributed by atoms with Crippen LogP contribution in [0.3, 0.4) is 0 Å². The van der Waals surface area contributed by atoms with Crippen molar-refractivity contribution in [2.24, 2.45) is 5.73 Å². The summed E-state index contributed by atoms with van der Waals surface area (Å²) >= 11 is 0. The Kier molecular flexibility index (Phi) is 10.6. The molecule has 1 unspecified atom stereocenters. The quantitative estimate of drug-likeness (QED) is 0.274. The van der Waals surface area contributed by atoms with E-state index in [4.69, 9.17) is 24.7 Å². The minimum absolute atomic E-state index is 0.0110. The van der Waals surface area contributed by atoms with Crippen molar-refractivity contribution >= 4 is 24.1 Å². The smallest absolute Gasteiger partial charge is 0.480 e. The second-order valence-electron chi connectivity index (χ2n) is 7.54. The fourth-order valence-electron chi connectivity index (χ4n) is 3.00. The Morgan fingerprint density at radius 3 is 2.25 bits per heavy atom. The minimum Gasteiger partial charge on any atom is -0.480 e. The van der Waals surface area contributed by atoms with Gasteiger partial charge < -0.3 is 29.8 Å². The second-order valence-corrected chi connectivity index (χ2v) is 7.54. The van der Waals surface area contributed by atoms with Crippen LogP contribution in [0.15, 0.2) is 18.2 Å². The van der Waals surface area contributed by atoms with E-state index in [9.17, 15) is 24.3 Å². The van der Waals surface area contributed by atoms with Gasteiger partial charge in [0.15, 0.2) is 11.5 Å². The van der Waals surface area contributed by atoms with Crippen molar-refractivity contribution in [2.75, 3.05) is 6.61 Å². The van der Waals surface area contributed by atoms with Crippen LogP contribution < -0.4 is 15.2 Å². The molecule has 10 nitrogen and oxygen atoms in total. The zero-order valence-electron chi connectivity index (χ0n) is 18.8. The second kappa shape index (κ2) is 12.7. The first kappa shape index (κ1) is 26.9. The molecule has 0 amide bonds. The highest BCUT2D eigenvalue weighted by Gasteiger charge is 2.37. The highest BCUT2D eigenvalue weighted by atomic mass is 16.7. The van der Waals surface area contributed by atoms with Crippen molar-refractivity contribution < 1.29 is 43.2 Å². The fraction of sp³-hybridized carbons (Fsp3) is 0.545. The lowest BCUT2D eigenvalue weighted by Gasteiger charge is -2.28. The number of carbonyl (C=O) groups is 4. The highest BCUT2D eigenvalue weighted by Crippen LogP contribution is 2.31. The summed E-state index contributed by atoms with van der Waals surface area (Å²) in [5, 5.41) is 9.71. The van der Waals surface area contributed by atoms with Gasteiger partial charge >= 0.3 is 24.1 Å². The molecule has 10 heteroatoms. The van der Waals surface area contributed by atoms with E-state index in [-0.39, 0.29) is 30.9 Å². The lowest BCUT2D eigenvalue weighted by molar-refractivity contribution is -0.144. The maximum atomic E-state index is 11.9. The SMILES string of the molecule is CCCCCOC(=O)O[C@@H](C)CC(N)(Cc1ccc(OC(C)=O)c(OC(C)=O)c1)C(=O)O. The van der Waals surface area contributed by atoms with Crippen molar-refractivity contribution in [1.82, 2.24) is 0 Å². The molecule has 0 aliphatic heterocycles. The highest BCUT2D eigenvalue weighted by molar-refractivity contribution is 5.79. The van der Waals surface area contributed by atoms with Crippen molar-refractivity contribution in [2.45, 2.75) is 71.4 Å². The van der Waals surface area contributed by atoms with Gasteiger partial charge in [0.2, 0.25) is 0 Å². The monoisotopic (exact) mass is 453 g/mol. The molecule has 0 saturated heterocycles. The lowest BCUT2D eigenvalue weighted by atomic mass is 9.86. The molecule has 178 valence electrons. The summed E-state index contributed by atoms with van der Waals surface area (Å²) in [4.78, 5) is 46.3. The Bertz CT molecular complexity index is 824. The van der Waals surface area contributed by atoms with Crippen molar-refractivity contribution in [1.29, 1.82) is 0 Å². The summed E-state index contributed by atoms with van der Waals surface area (Å²) in [5.74, 6) is -2.60. The molecule has 0 bridgehead atoms. The van der Waals surface area contributed by atoms with Crippen molar-refractivity contribution in [3.05, 3.63) is 23.8 Å². The number of nitrogens with two attached hydrogens (primary N) is 1. The van der Waals surface area contributed by atoms with E-state index in [2.05, 4.69) is 0 Å². The topological polar surface area (TPSA) is 151 Å². The third kappa shape index (κ3) is 9.34. The number of carbonyl (C=O) groups excluding carboxylic acids is 3. The molecule has 32 heavy (non-hydrogen) atoms. The fourth-order valence-corrected chi connectivity index (χ4v) is 3.00. The summed E-state index contributed by atoms with van der Waals surface area (Å²) in [6.07, 6.45) is 0.525. The number of carboxylic acid groups (broad SMARTS) is 1. The van der Waals surface area contributed by atoms with E-state index in [0.717, 1.165) is 12.8 Å². The van der Waals surface area contributed by atoms with Crippen LogP contribution in [0.2, 0.25) is 0 Å². The Morgan fingerprint density at radius 1 is 1.06 bits per heavy atom. The van der Waals surface area contributed by atoms with Gasteiger partial charge in [0, 0.05) is 26.7 Å². The molecule has 0 radical (unpaired) electrons. The minimum atomic E-state index is -1.79. The Labute approximate surface area is 187 Å². The molecule has 2 atom stereocenters. The van der Waals surface area contributed by atoms with E-state index in [1.165, 1.54) is 39.0 Å². The molecule has 3 N–H and O–H groups in total. The first-order valence-electron chi connectivity index (χ1n) is 10.3. The molecule has 1 rings (SSSR count). The summed E-state index contributed by atoms with van der Waals surface area (Å²) in [6, 6.07) is 4.26. The summed E-state index contributed by atoms with van der Waals surface area (Å²) in [6.45, 7) is 6.13. The van der Waals surface area contributed by atoms with E-state index in [0.29, 0.717) is 12.0 Å². The van der Waals surface area contributed by atoms with E-state index in [1.54, 1.807) is 0 Å². The van der Waals surface area contributed by atoms with Gasteiger partial charge in [0.05, 0.1) is 6.61 Å². The van der Waals surface area contributed by atoms with Crippen LogP contribution in [0.25, 0.3) is 0 Å². The number of ether oxygens (including phenoxy) is 4. The molecule has 0 heterocycles. The van der Waals surface area contributed by atoms with Gasteiger partial charge in [-0.05, 0) is 31.0 Å². The van der Waals surface area contributed by atoms with Crippen LogP contribution in [-0.4, -0.2) is 47.4 Å². The number of rotatable bonds is 12. The van der Waals surface area contributed by atoms with Crippen molar-refractivity contribution in [3.63, 3.8) is 0 Å². The number of unbranched alkanes of at least 4 members (excludes halogenated alkanes) is 2. The van der Waals surface area contributed by atoms with Gasteiger partial charge in [0.25, 0.3) is 0 Å². The van der Waals surface area contributed by atoms with Crippen LogP contribution in [0, 0.1) is 0 Å². The Balaban J connectivity index is 2.92. The number of benzene rings is 1. The molecule has 0 fully saturated rings. The Hall–Kier alpha value is -3.14. The van der Waals surface area contributed by atoms with Gasteiger partial charge in [-0.1, -0.05) is 25.8 Å². The number of hydrogen-bond acceptors (Lipinski definition) is 9. The van der Waals surface area contributed by atoms with Gasteiger partial charge in [-0.15, -0.1) is 0 Å². The van der Waals surface area contributed by atoms with Gasteiger partial charge in [0.1, 0.15) is 11.6 Å². The van der Waals surface area contributed by atoms with Gasteiger partial charge in [-0.25, -0.2) is 4.79 Å². The normalized spacial score (nSPS) is 13.4. The lowest BCUT2D eigenvalue weighted by Crippen LogP contribution is -2.52. The molecular weight excluding hydrogens is 422 g/mol. The summed E-state index contributed by atoms with van der Waals surface area (Å²) in [7, 11) is 0. The first-order valence-corrected chi connectivity index (χ1v) is 10.3. The molecule has 0 saturated carbocycles. The molecule has 0 aliphatic carbocycles. The zero-order valence-corrected chi connectivity index (χ0v) is 18.8.